The molecule has 1 aromatic heterocycles. The number of nitrogen functional groups attached to an aromatic ring is 1. The average Bonchev–Trinajstić information content (AvgIpc) is 2.69. The fraction of sp³-hybridized carbons (Fsp3) is 0.167. The molecule has 0 fully saturated rings. The van der Waals surface area contributed by atoms with Crippen LogP contribution in [0.4, 0.5) is 11.4 Å². The van der Waals surface area contributed by atoms with Crippen LogP contribution in [0, 0.1) is 6.92 Å². The summed E-state index contributed by atoms with van der Waals surface area (Å²) in [5.74, 6) is -0.263. The van der Waals surface area contributed by atoms with Gasteiger partial charge in [-0.05, 0) is 24.6 Å². The highest BCUT2D eigenvalue weighted by molar-refractivity contribution is 6.04. The van der Waals surface area contributed by atoms with Gasteiger partial charge in [-0.2, -0.15) is 0 Å². The standard InChI is InChI=1S/C12H14N4O/c1-8-3-4-10(9(13)5-8)15-12(17)11-6-16(2)7-14-11/h3-7H,13H2,1-2H3,(H,15,17). The van der Waals surface area contributed by atoms with E-state index in [1.54, 1.807) is 23.2 Å². The predicted molar refractivity (Wildman–Crippen MR) is 66.8 cm³/mol. The normalized spacial score (nSPS) is 10.2. The van der Waals surface area contributed by atoms with E-state index >= 15 is 0 Å². The van der Waals surface area contributed by atoms with Crippen LogP contribution in [-0.2, 0) is 7.05 Å². The van der Waals surface area contributed by atoms with Crippen LogP contribution in [0.25, 0.3) is 0 Å². The Labute approximate surface area is 99.3 Å². The zero-order valence-electron chi connectivity index (χ0n) is 9.77. The summed E-state index contributed by atoms with van der Waals surface area (Å²) in [6, 6.07) is 5.49. The molecule has 5 heteroatoms. The number of rotatable bonds is 2. The van der Waals surface area contributed by atoms with Gasteiger partial charge >= 0.3 is 0 Å². The van der Waals surface area contributed by atoms with Crippen LogP contribution < -0.4 is 11.1 Å². The lowest BCUT2D eigenvalue weighted by molar-refractivity contribution is 0.102. The van der Waals surface area contributed by atoms with Crippen LogP contribution in [0.15, 0.2) is 30.7 Å². The quantitative estimate of drug-likeness (QED) is 0.769. The zero-order valence-corrected chi connectivity index (χ0v) is 9.77. The van der Waals surface area contributed by atoms with Crippen LogP contribution in [0.1, 0.15) is 16.1 Å². The molecular weight excluding hydrogens is 216 g/mol. The van der Waals surface area contributed by atoms with Gasteiger partial charge in [0.1, 0.15) is 5.69 Å². The summed E-state index contributed by atoms with van der Waals surface area (Å²) in [7, 11) is 1.81. The Hall–Kier alpha value is -2.30. The van der Waals surface area contributed by atoms with Gasteiger partial charge in [0, 0.05) is 13.2 Å². The maximum Gasteiger partial charge on any atom is 0.275 e. The maximum atomic E-state index is 11.8. The summed E-state index contributed by atoms with van der Waals surface area (Å²) in [4.78, 5) is 15.8. The molecule has 0 bridgehead atoms. The number of anilines is 2. The van der Waals surface area contributed by atoms with Crippen LogP contribution in [0.5, 0.6) is 0 Å². The number of amides is 1. The maximum absolute atomic E-state index is 11.8. The third kappa shape index (κ3) is 2.44. The molecule has 17 heavy (non-hydrogen) atoms. The Morgan fingerprint density at radius 1 is 1.47 bits per heavy atom. The topological polar surface area (TPSA) is 72.9 Å². The number of carbonyl (C=O) groups excluding carboxylic acids is 1. The van der Waals surface area contributed by atoms with Crippen LogP contribution in [0.3, 0.4) is 0 Å². The summed E-state index contributed by atoms with van der Waals surface area (Å²) in [6.45, 7) is 1.95. The fourth-order valence-corrected chi connectivity index (χ4v) is 1.51. The lowest BCUT2D eigenvalue weighted by Crippen LogP contribution is -2.13. The van der Waals surface area contributed by atoms with E-state index in [0.29, 0.717) is 17.1 Å². The molecule has 88 valence electrons. The van der Waals surface area contributed by atoms with E-state index < -0.39 is 0 Å². The molecule has 1 aromatic carbocycles. The number of aromatic nitrogens is 2. The molecule has 3 N–H and O–H groups in total. The number of carbonyl (C=O) groups is 1. The lowest BCUT2D eigenvalue weighted by Gasteiger charge is -2.07. The summed E-state index contributed by atoms with van der Waals surface area (Å²) < 4.78 is 1.72. The van der Waals surface area contributed by atoms with Crippen molar-refractivity contribution in [2.45, 2.75) is 6.92 Å². The average molecular weight is 230 g/mol. The first-order chi connectivity index (χ1) is 8.06. The largest absolute Gasteiger partial charge is 0.397 e. The highest BCUT2D eigenvalue weighted by Crippen LogP contribution is 2.19. The monoisotopic (exact) mass is 230 g/mol. The smallest absolute Gasteiger partial charge is 0.275 e. The number of nitrogens with zero attached hydrogens (tertiary/aromatic N) is 2. The van der Waals surface area contributed by atoms with Gasteiger partial charge in [-0.3, -0.25) is 4.79 Å². The predicted octanol–water partition coefficient (Wildman–Crippen LogP) is 1.56. The molecule has 0 spiro atoms. The SMILES string of the molecule is Cc1ccc(NC(=O)c2cn(C)cn2)c(N)c1. The number of nitrogens with one attached hydrogen (secondary N) is 1. The molecule has 0 aliphatic carbocycles. The van der Waals surface area contributed by atoms with Crippen molar-refractivity contribution in [1.29, 1.82) is 0 Å². The Bertz CT molecular complexity index is 559. The Morgan fingerprint density at radius 2 is 2.24 bits per heavy atom. The number of hydrogen-bond acceptors (Lipinski definition) is 3. The van der Waals surface area contributed by atoms with Gasteiger partial charge in [-0.15, -0.1) is 0 Å². The van der Waals surface area contributed by atoms with Crippen molar-refractivity contribution >= 4 is 17.3 Å². The summed E-state index contributed by atoms with van der Waals surface area (Å²) in [6.07, 6.45) is 3.23. The first-order valence-corrected chi connectivity index (χ1v) is 5.21. The number of imidazole rings is 1. The second kappa shape index (κ2) is 4.29. The minimum absolute atomic E-state index is 0.263. The second-order valence-corrected chi connectivity index (χ2v) is 3.97. The van der Waals surface area contributed by atoms with E-state index in [1.165, 1.54) is 0 Å². The van der Waals surface area contributed by atoms with Crippen LogP contribution >= 0.6 is 0 Å². The number of benzene rings is 1. The molecule has 0 saturated carbocycles. The highest BCUT2D eigenvalue weighted by atomic mass is 16.1. The molecule has 0 radical (unpaired) electrons. The molecule has 0 unspecified atom stereocenters. The van der Waals surface area contributed by atoms with E-state index in [-0.39, 0.29) is 5.91 Å². The molecule has 1 heterocycles. The van der Waals surface area contributed by atoms with Crippen molar-refractivity contribution in [3.8, 4) is 0 Å². The zero-order chi connectivity index (χ0) is 12.4. The van der Waals surface area contributed by atoms with E-state index in [4.69, 9.17) is 5.73 Å². The summed E-state index contributed by atoms with van der Waals surface area (Å²) >= 11 is 0. The van der Waals surface area contributed by atoms with Gasteiger partial charge in [0.2, 0.25) is 0 Å². The Morgan fingerprint density at radius 3 is 2.82 bits per heavy atom. The van der Waals surface area contributed by atoms with E-state index in [9.17, 15) is 4.79 Å². The highest BCUT2D eigenvalue weighted by Gasteiger charge is 2.10. The van der Waals surface area contributed by atoms with E-state index in [1.807, 2.05) is 26.1 Å². The van der Waals surface area contributed by atoms with Gasteiger partial charge in [0.05, 0.1) is 17.7 Å². The van der Waals surface area contributed by atoms with Crippen molar-refractivity contribution in [3.05, 3.63) is 42.0 Å². The first kappa shape index (κ1) is 11.2. The molecule has 0 atom stereocenters. The summed E-state index contributed by atoms with van der Waals surface area (Å²) in [5, 5.41) is 2.73. The van der Waals surface area contributed by atoms with E-state index in [0.717, 1.165) is 5.56 Å². The van der Waals surface area contributed by atoms with Crippen molar-refractivity contribution < 1.29 is 4.79 Å². The molecule has 1 amide bonds. The number of nitrogens with two attached hydrogens (primary N) is 1. The van der Waals surface area contributed by atoms with Gasteiger partial charge < -0.3 is 15.6 Å². The van der Waals surface area contributed by atoms with Crippen LogP contribution in [0.2, 0.25) is 0 Å². The van der Waals surface area contributed by atoms with Crippen LogP contribution in [-0.4, -0.2) is 15.5 Å². The molecular formula is C12H14N4O. The van der Waals surface area contributed by atoms with Gasteiger partial charge in [-0.25, -0.2) is 4.98 Å². The van der Waals surface area contributed by atoms with Gasteiger partial charge in [0.25, 0.3) is 5.91 Å². The lowest BCUT2D eigenvalue weighted by atomic mass is 10.2. The number of aryl methyl sites for hydroxylation is 2. The molecule has 5 nitrogen and oxygen atoms in total. The summed E-state index contributed by atoms with van der Waals surface area (Å²) in [5.41, 5.74) is 8.39. The van der Waals surface area contributed by atoms with Gasteiger partial charge in [0.15, 0.2) is 0 Å². The third-order valence-corrected chi connectivity index (χ3v) is 2.39. The first-order valence-electron chi connectivity index (χ1n) is 5.21. The molecule has 0 aliphatic rings. The Balaban J connectivity index is 2.18. The fourth-order valence-electron chi connectivity index (χ4n) is 1.51. The van der Waals surface area contributed by atoms with E-state index in [2.05, 4.69) is 10.3 Å². The van der Waals surface area contributed by atoms with Crippen molar-refractivity contribution in [2.24, 2.45) is 7.05 Å². The second-order valence-electron chi connectivity index (χ2n) is 3.97. The van der Waals surface area contributed by atoms with Crippen molar-refractivity contribution in [2.75, 3.05) is 11.1 Å². The minimum atomic E-state index is -0.263. The molecule has 2 aromatic rings. The van der Waals surface area contributed by atoms with Crippen molar-refractivity contribution in [3.63, 3.8) is 0 Å². The Kier molecular flexibility index (Phi) is 2.82. The molecule has 2 rings (SSSR count). The minimum Gasteiger partial charge on any atom is -0.397 e. The van der Waals surface area contributed by atoms with Gasteiger partial charge in [-0.1, -0.05) is 6.07 Å². The van der Waals surface area contributed by atoms with Crippen molar-refractivity contribution in [1.82, 2.24) is 9.55 Å². The third-order valence-electron chi connectivity index (χ3n) is 2.39. The number of hydrogen-bond donors (Lipinski definition) is 2. The molecule has 0 aliphatic heterocycles. The molecule has 0 saturated heterocycles.